The zero-order chi connectivity index (χ0) is 13.9. The molecule has 0 saturated heterocycles. The Kier molecular flexibility index (Phi) is 7.80. The molecule has 0 bridgehead atoms. The first-order chi connectivity index (χ1) is 8.96. The minimum Gasteiger partial charge on any atom is -0.337 e. The van der Waals surface area contributed by atoms with Crippen molar-refractivity contribution < 1.29 is 12.9 Å². The number of hydrogen-bond acceptors (Lipinski definition) is 7. The van der Waals surface area contributed by atoms with Crippen LogP contribution in [-0.2, 0) is 9.84 Å². The van der Waals surface area contributed by atoms with E-state index in [1.54, 1.807) is 18.3 Å². The van der Waals surface area contributed by atoms with Crippen molar-refractivity contribution in [1.82, 2.24) is 15.1 Å². The van der Waals surface area contributed by atoms with E-state index in [0.29, 0.717) is 11.5 Å². The maximum absolute atomic E-state index is 11.1. The number of pyridine rings is 1. The molecule has 0 aliphatic carbocycles. The second kappa shape index (κ2) is 8.28. The molecule has 0 fully saturated rings. The molecule has 0 radical (unpaired) electrons. The summed E-state index contributed by atoms with van der Waals surface area (Å²) in [5.74, 6) is 0.532. The normalized spacial score (nSPS) is 12.1. The van der Waals surface area contributed by atoms with Gasteiger partial charge in [-0.3, -0.25) is 4.98 Å². The van der Waals surface area contributed by atoms with Gasteiger partial charge in [0.25, 0.3) is 0 Å². The number of rotatable bonds is 5. The molecule has 2 aromatic heterocycles. The SMILES string of the molecule is CS(=O)(=O)CCC(N)c1nc(-c2ccccn2)no1.Cl.Cl. The van der Waals surface area contributed by atoms with Crippen LogP contribution in [0.3, 0.4) is 0 Å². The number of hydrogen-bond donors (Lipinski definition) is 1. The van der Waals surface area contributed by atoms with Gasteiger partial charge in [0.05, 0.1) is 11.8 Å². The Morgan fingerprint density at radius 1 is 1.33 bits per heavy atom. The number of aromatic nitrogens is 3. The Morgan fingerprint density at radius 3 is 2.62 bits per heavy atom. The molecule has 0 spiro atoms. The molecule has 2 aromatic rings. The van der Waals surface area contributed by atoms with Crippen LogP contribution < -0.4 is 5.73 Å². The maximum atomic E-state index is 11.1. The van der Waals surface area contributed by atoms with Gasteiger partial charge in [-0.05, 0) is 18.6 Å². The highest BCUT2D eigenvalue weighted by atomic mass is 35.5. The van der Waals surface area contributed by atoms with Gasteiger partial charge in [-0.1, -0.05) is 11.2 Å². The Balaban J connectivity index is 0.00000200. The number of nitrogens with two attached hydrogens (primary N) is 1. The minimum atomic E-state index is -3.05. The van der Waals surface area contributed by atoms with Crippen molar-refractivity contribution in [3.8, 4) is 11.5 Å². The highest BCUT2D eigenvalue weighted by molar-refractivity contribution is 7.90. The largest absolute Gasteiger partial charge is 0.337 e. The van der Waals surface area contributed by atoms with Crippen LogP contribution in [0.25, 0.3) is 11.5 Å². The summed E-state index contributed by atoms with van der Waals surface area (Å²) < 4.78 is 27.1. The number of sulfone groups is 1. The molecule has 21 heavy (non-hydrogen) atoms. The van der Waals surface area contributed by atoms with Crippen LogP contribution in [0.2, 0.25) is 0 Å². The topological polar surface area (TPSA) is 112 Å². The van der Waals surface area contributed by atoms with Crippen molar-refractivity contribution >= 4 is 34.7 Å². The average molecular weight is 355 g/mol. The van der Waals surface area contributed by atoms with Crippen LogP contribution in [0.15, 0.2) is 28.9 Å². The summed E-state index contributed by atoms with van der Waals surface area (Å²) in [4.78, 5) is 8.21. The van der Waals surface area contributed by atoms with Crippen molar-refractivity contribution in [3.63, 3.8) is 0 Å². The lowest BCUT2D eigenvalue weighted by molar-refractivity contribution is 0.352. The van der Waals surface area contributed by atoms with Gasteiger partial charge in [0, 0.05) is 12.5 Å². The van der Waals surface area contributed by atoms with E-state index < -0.39 is 15.9 Å². The first kappa shape index (κ1) is 19.8. The summed E-state index contributed by atoms with van der Waals surface area (Å²) in [5, 5.41) is 3.77. The van der Waals surface area contributed by atoms with Crippen molar-refractivity contribution in [2.24, 2.45) is 5.73 Å². The molecule has 1 unspecified atom stereocenters. The zero-order valence-corrected chi connectivity index (χ0v) is 13.6. The van der Waals surface area contributed by atoms with Gasteiger partial charge in [-0.15, -0.1) is 24.8 Å². The van der Waals surface area contributed by atoms with Crippen molar-refractivity contribution in [1.29, 1.82) is 0 Å². The number of nitrogens with zero attached hydrogens (tertiary/aromatic N) is 3. The fourth-order valence-corrected chi connectivity index (χ4v) is 2.13. The summed E-state index contributed by atoms with van der Waals surface area (Å²) in [5.41, 5.74) is 6.39. The van der Waals surface area contributed by atoms with Gasteiger partial charge in [0.1, 0.15) is 15.5 Å². The van der Waals surface area contributed by atoms with Crippen LogP contribution in [-0.4, -0.2) is 35.6 Å². The third kappa shape index (κ3) is 5.96. The summed E-state index contributed by atoms with van der Waals surface area (Å²) >= 11 is 0. The Labute approximate surface area is 135 Å². The van der Waals surface area contributed by atoms with Crippen LogP contribution in [0.1, 0.15) is 18.4 Å². The van der Waals surface area contributed by atoms with Crippen molar-refractivity contribution in [3.05, 3.63) is 30.3 Å². The van der Waals surface area contributed by atoms with Gasteiger partial charge in [0.15, 0.2) is 0 Å². The van der Waals surface area contributed by atoms with E-state index in [-0.39, 0.29) is 42.9 Å². The molecule has 1 atom stereocenters. The molecular formula is C11H16Cl2N4O3S. The third-order valence-corrected chi connectivity index (χ3v) is 3.43. The van der Waals surface area contributed by atoms with Crippen LogP contribution >= 0.6 is 24.8 Å². The van der Waals surface area contributed by atoms with Crippen LogP contribution in [0.4, 0.5) is 0 Å². The van der Waals surface area contributed by atoms with Gasteiger partial charge >= 0.3 is 0 Å². The fraction of sp³-hybridized carbons (Fsp3) is 0.364. The highest BCUT2D eigenvalue weighted by Crippen LogP contribution is 2.17. The lowest BCUT2D eigenvalue weighted by Gasteiger charge is -2.04. The first-order valence-electron chi connectivity index (χ1n) is 5.64. The lowest BCUT2D eigenvalue weighted by Crippen LogP contribution is -2.16. The Morgan fingerprint density at radius 2 is 2.05 bits per heavy atom. The molecule has 0 amide bonds. The molecule has 0 aromatic carbocycles. The second-order valence-corrected chi connectivity index (χ2v) is 6.46. The van der Waals surface area contributed by atoms with Gasteiger partial charge in [-0.25, -0.2) is 8.42 Å². The predicted molar refractivity (Wildman–Crippen MR) is 83.3 cm³/mol. The average Bonchev–Trinajstić information content (AvgIpc) is 2.86. The monoisotopic (exact) mass is 354 g/mol. The smallest absolute Gasteiger partial charge is 0.243 e. The first-order valence-corrected chi connectivity index (χ1v) is 7.70. The predicted octanol–water partition coefficient (Wildman–Crippen LogP) is 1.41. The lowest BCUT2D eigenvalue weighted by atomic mass is 10.2. The van der Waals surface area contributed by atoms with E-state index in [9.17, 15) is 8.42 Å². The molecule has 0 aliphatic rings. The Hall–Kier alpha value is -1.22. The van der Waals surface area contributed by atoms with Crippen LogP contribution in [0, 0.1) is 0 Å². The summed E-state index contributed by atoms with van der Waals surface area (Å²) in [6.07, 6.45) is 3.02. The van der Waals surface area contributed by atoms with Crippen molar-refractivity contribution in [2.75, 3.05) is 12.0 Å². The van der Waals surface area contributed by atoms with E-state index in [1.165, 1.54) is 0 Å². The number of halogens is 2. The fourth-order valence-electron chi connectivity index (χ4n) is 1.45. The third-order valence-electron chi connectivity index (χ3n) is 2.45. The maximum Gasteiger partial charge on any atom is 0.243 e. The summed E-state index contributed by atoms with van der Waals surface area (Å²) in [6, 6.07) is 4.74. The van der Waals surface area contributed by atoms with E-state index >= 15 is 0 Å². The van der Waals surface area contributed by atoms with E-state index in [4.69, 9.17) is 10.3 Å². The molecule has 0 aliphatic heterocycles. The highest BCUT2D eigenvalue weighted by Gasteiger charge is 2.17. The molecule has 2 heterocycles. The molecule has 0 saturated carbocycles. The minimum absolute atomic E-state index is 0. The van der Waals surface area contributed by atoms with E-state index in [1.807, 2.05) is 6.07 Å². The summed E-state index contributed by atoms with van der Waals surface area (Å²) in [6.45, 7) is 0. The molecule has 2 rings (SSSR count). The van der Waals surface area contributed by atoms with Gasteiger partial charge in [0.2, 0.25) is 11.7 Å². The van der Waals surface area contributed by atoms with Crippen molar-refractivity contribution in [2.45, 2.75) is 12.5 Å². The quantitative estimate of drug-likeness (QED) is 0.863. The second-order valence-electron chi connectivity index (χ2n) is 4.20. The van der Waals surface area contributed by atoms with Crippen LogP contribution in [0.5, 0.6) is 0 Å². The van der Waals surface area contributed by atoms with Gasteiger partial charge < -0.3 is 10.3 Å². The van der Waals surface area contributed by atoms with E-state index in [0.717, 1.165) is 6.26 Å². The molecular weight excluding hydrogens is 339 g/mol. The standard InChI is InChI=1S/C11H14N4O3S.2ClH/c1-19(16,17)7-5-8(12)11-14-10(15-18-11)9-4-2-3-6-13-9;;/h2-4,6,8H,5,7,12H2,1H3;2*1H. The van der Waals surface area contributed by atoms with E-state index in [2.05, 4.69) is 15.1 Å². The molecule has 10 heteroatoms. The zero-order valence-electron chi connectivity index (χ0n) is 11.2. The summed E-state index contributed by atoms with van der Waals surface area (Å²) in [7, 11) is -3.05. The molecule has 118 valence electrons. The Bertz CT molecular complexity index is 648. The molecule has 7 nitrogen and oxygen atoms in total. The van der Waals surface area contributed by atoms with Gasteiger partial charge in [-0.2, -0.15) is 4.98 Å². The molecule has 2 N–H and O–H groups in total.